The maximum absolute atomic E-state index is 2.43. The predicted octanol–water partition coefficient (Wildman–Crippen LogP) is 12.5. The van der Waals surface area contributed by atoms with Gasteiger partial charge in [0.05, 0.1) is 0 Å². The lowest BCUT2D eigenvalue weighted by Crippen LogP contribution is -2.12. The first kappa shape index (κ1) is 27.1. The van der Waals surface area contributed by atoms with Gasteiger partial charge in [0.2, 0.25) is 0 Å². The minimum atomic E-state index is 0.00287. The number of rotatable bonds is 5. The van der Waals surface area contributed by atoms with Crippen molar-refractivity contribution in [2.45, 2.75) is 26.2 Å². The highest BCUT2D eigenvalue weighted by Crippen LogP contribution is 2.52. The van der Waals surface area contributed by atoms with Crippen molar-refractivity contribution in [3.8, 4) is 54.3 Å². The summed E-state index contributed by atoms with van der Waals surface area (Å²) in [6, 6.07) is 55.2. The molecule has 0 aliphatic carbocycles. The van der Waals surface area contributed by atoms with Gasteiger partial charge in [-0.15, -0.1) is 11.3 Å². The average molecular weight is 571 g/mol. The second-order valence-corrected chi connectivity index (χ2v) is 13.2. The highest BCUT2D eigenvalue weighted by atomic mass is 32.1. The Balaban J connectivity index is 1.59. The number of fused-ring (bicyclic) bond motifs is 1. The third kappa shape index (κ3) is 5.11. The Kier molecular flexibility index (Phi) is 7.05. The van der Waals surface area contributed by atoms with Crippen molar-refractivity contribution in [3.05, 3.63) is 157 Å². The van der Waals surface area contributed by atoms with Crippen LogP contribution in [0.5, 0.6) is 0 Å². The van der Waals surface area contributed by atoms with Crippen molar-refractivity contribution in [1.82, 2.24) is 0 Å². The summed E-state index contributed by atoms with van der Waals surface area (Å²) in [7, 11) is 0. The van der Waals surface area contributed by atoms with E-state index in [-0.39, 0.29) is 5.41 Å². The molecule has 0 nitrogen and oxygen atoms in total. The SMILES string of the molecule is CC(C)(C)c1cc(-c2ccccc2)c(-c2sc(-c3ccccc3-c3ccccc3)c3ccccc23)c(-c2ccccc2)c1. The minimum absolute atomic E-state index is 0.00287. The van der Waals surface area contributed by atoms with E-state index in [9.17, 15) is 0 Å². The lowest BCUT2D eigenvalue weighted by molar-refractivity contribution is 0.591. The van der Waals surface area contributed by atoms with Crippen molar-refractivity contribution in [3.63, 3.8) is 0 Å². The zero-order valence-corrected chi connectivity index (χ0v) is 25.7. The van der Waals surface area contributed by atoms with Crippen molar-refractivity contribution in [2.24, 2.45) is 0 Å². The first-order valence-electron chi connectivity index (χ1n) is 14.9. The van der Waals surface area contributed by atoms with Gasteiger partial charge in [0.15, 0.2) is 0 Å². The quantitative estimate of drug-likeness (QED) is 0.193. The molecule has 1 aromatic heterocycles. The smallest absolute Gasteiger partial charge is 0.0440 e. The lowest BCUT2D eigenvalue weighted by atomic mass is 9.80. The molecule has 1 heteroatoms. The summed E-state index contributed by atoms with van der Waals surface area (Å²) in [5.41, 5.74) is 11.5. The molecule has 0 aliphatic rings. The van der Waals surface area contributed by atoms with Gasteiger partial charge in [0.25, 0.3) is 0 Å². The molecule has 6 aromatic carbocycles. The molecule has 7 rings (SSSR count). The summed E-state index contributed by atoms with van der Waals surface area (Å²) in [6.45, 7) is 6.93. The Labute approximate surface area is 258 Å². The Morgan fingerprint density at radius 2 is 0.791 bits per heavy atom. The third-order valence-electron chi connectivity index (χ3n) is 8.28. The summed E-state index contributed by atoms with van der Waals surface area (Å²) in [5, 5.41) is 2.59. The van der Waals surface area contributed by atoms with E-state index in [4.69, 9.17) is 0 Å². The standard InChI is InChI=1S/C42H34S/c1-42(2,3)32-27-37(30-19-9-5-10-20-30)39(38(28-32)31-21-11-6-12-22-31)41-36-26-16-15-25-35(36)40(43-41)34-24-14-13-23-33(34)29-17-7-4-8-18-29/h4-28H,1-3H3. The molecule has 0 saturated carbocycles. The molecular weight excluding hydrogens is 537 g/mol. The van der Waals surface area contributed by atoms with Crippen LogP contribution in [0.15, 0.2) is 152 Å². The molecule has 0 radical (unpaired) electrons. The number of hydrogen-bond acceptors (Lipinski definition) is 1. The number of hydrogen-bond donors (Lipinski definition) is 0. The third-order valence-corrected chi connectivity index (χ3v) is 9.55. The van der Waals surface area contributed by atoms with Gasteiger partial charge in [-0.05, 0) is 56.5 Å². The topological polar surface area (TPSA) is 0 Å². The highest BCUT2D eigenvalue weighted by Gasteiger charge is 2.25. The fraction of sp³-hybridized carbons (Fsp3) is 0.0952. The minimum Gasteiger partial charge on any atom is -0.134 e. The van der Waals surface area contributed by atoms with Gasteiger partial charge in [-0.25, -0.2) is 0 Å². The molecule has 0 saturated heterocycles. The first-order valence-corrected chi connectivity index (χ1v) is 15.8. The molecule has 0 N–H and O–H groups in total. The Bertz CT molecular complexity index is 1960. The van der Waals surface area contributed by atoms with Crippen molar-refractivity contribution >= 4 is 22.1 Å². The first-order chi connectivity index (χ1) is 21.0. The molecule has 7 aromatic rings. The van der Waals surface area contributed by atoms with Gasteiger partial charge in [0.1, 0.15) is 0 Å². The van der Waals surface area contributed by atoms with Crippen LogP contribution in [0, 0.1) is 0 Å². The van der Waals surface area contributed by atoms with Crippen molar-refractivity contribution in [2.75, 3.05) is 0 Å². The van der Waals surface area contributed by atoms with Crippen LogP contribution < -0.4 is 0 Å². The molecule has 0 spiro atoms. The van der Waals surface area contributed by atoms with E-state index >= 15 is 0 Å². The van der Waals surface area contributed by atoms with Crippen LogP contribution in [0.4, 0.5) is 0 Å². The maximum atomic E-state index is 2.43. The highest BCUT2D eigenvalue weighted by molar-refractivity contribution is 7.21. The molecule has 0 unspecified atom stereocenters. The molecule has 0 aliphatic heterocycles. The molecule has 43 heavy (non-hydrogen) atoms. The molecule has 0 amide bonds. The van der Waals surface area contributed by atoms with E-state index in [1.807, 2.05) is 11.3 Å². The van der Waals surface area contributed by atoms with E-state index in [0.717, 1.165) is 0 Å². The van der Waals surface area contributed by atoms with Gasteiger partial charge >= 0.3 is 0 Å². The van der Waals surface area contributed by atoms with Crippen molar-refractivity contribution in [1.29, 1.82) is 0 Å². The van der Waals surface area contributed by atoms with Gasteiger partial charge in [-0.3, -0.25) is 0 Å². The van der Waals surface area contributed by atoms with E-state index in [1.54, 1.807) is 0 Å². The van der Waals surface area contributed by atoms with E-state index in [1.165, 1.54) is 70.6 Å². The van der Waals surface area contributed by atoms with Gasteiger partial charge < -0.3 is 0 Å². The number of benzene rings is 6. The van der Waals surface area contributed by atoms with Crippen LogP contribution in [-0.2, 0) is 5.41 Å². The summed E-state index contributed by atoms with van der Waals surface area (Å²) < 4.78 is 0. The molecule has 1 heterocycles. The van der Waals surface area contributed by atoms with Crippen LogP contribution in [0.25, 0.3) is 65.0 Å². The van der Waals surface area contributed by atoms with Crippen LogP contribution >= 0.6 is 11.3 Å². The summed E-state index contributed by atoms with van der Waals surface area (Å²) in [5.74, 6) is 0. The summed E-state index contributed by atoms with van der Waals surface area (Å²) in [4.78, 5) is 2.62. The summed E-state index contributed by atoms with van der Waals surface area (Å²) >= 11 is 1.92. The summed E-state index contributed by atoms with van der Waals surface area (Å²) in [6.07, 6.45) is 0. The van der Waals surface area contributed by atoms with Gasteiger partial charge in [0, 0.05) is 31.7 Å². The molecule has 0 atom stereocenters. The molecule has 0 bridgehead atoms. The van der Waals surface area contributed by atoms with E-state index < -0.39 is 0 Å². The second-order valence-electron chi connectivity index (χ2n) is 12.1. The predicted molar refractivity (Wildman–Crippen MR) is 188 cm³/mol. The molecular formula is C42H34S. The van der Waals surface area contributed by atoms with E-state index in [2.05, 4.69) is 172 Å². The molecule has 208 valence electrons. The van der Waals surface area contributed by atoms with Gasteiger partial charge in [-0.1, -0.05) is 160 Å². The molecule has 0 fully saturated rings. The maximum Gasteiger partial charge on any atom is 0.0440 e. The monoisotopic (exact) mass is 570 g/mol. The van der Waals surface area contributed by atoms with Crippen molar-refractivity contribution < 1.29 is 0 Å². The zero-order chi connectivity index (χ0) is 29.4. The van der Waals surface area contributed by atoms with Crippen LogP contribution in [0.3, 0.4) is 0 Å². The van der Waals surface area contributed by atoms with E-state index in [0.29, 0.717) is 0 Å². The fourth-order valence-corrected chi connectivity index (χ4v) is 7.43. The number of thiophene rings is 1. The lowest BCUT2D eigenvalue weighted by Gasteiger charge is -2.24. The Hall–Kier alpha value is -4.72. The Morgan fingerprint density at radius 3 is 1.28 bits per heavy atom. The fourth-order valence-electron chi connectivity index (χ4n) is 6.04. The second kappa shape index (κ2) is 11.2. The Morgan fingerprint density at radius 1 is 0.395 bits per heavy atom. The van der Waals surface area contributed by atoms with Crippen LogP contribution in [0.2, 0.25) is 0 Å². The van der Waals surface area contributed by atoms with Gasteiger partial charge in [-0.2, -0.15) is 0 Å². The average Bonchev–Trinajstić information content (AvgIpc) is 3.44. The zero-order valence-electron chi connectivity index (χ0n) is 24.8. The van der Waals surface area contributed by atoms with Crippen LogP contribution in [0.1, 0.15) is 26.3 Å². The largest absolute Gasteiger partial charge is 0.134 e. The normalized spacial score (nSPS) is 11.6. The van der Waals surface area contributed by atoms with Crippen LogP contribution in [-0.4, -0.2) is 0 Å².